The number of hydrogen-bond donors (Lipinski definition) is 1. The Morgan fingerprint density at radius 2 is 2.17 bits per heavy atom. The Balaban J connectivity index is 1.45. The van der Waals surface area contributed by atoms with Gasteiger partial charge in [0.2, 0.25) is 0 Å². The van der Waals surface area contributed by atoms with Gasteiger partial charge in [-0.25, -0.2) is 4.79 Å². The van der Waals surface area contributed by atoms with Gasteiger partial charge in [0.25, 0.3) is 0 Å². The molecule has 1 aliphatic carbocycles. The summed E-state index contributed by atoms with van der Waals surface area (Å²) in [5, 5.41) is 11.4. The zero-order valence-electron chi connectivity index (χ0n) is 14.2. The van der Waals surface area contributed by atoms with Gasteiger partial charge < -0.3 is 14.7 Å². The number of amides is 2. The van der Waals surface area contributed by atoms with Crippen LogP contribution in [0.3, 0.4) is 0 Å². The van der Waals surface area contributed by atoms with Crippen molar-refractivity contribution in [2.24, 2.45) is 0 Å². The Bertz CT molecular complexity index is 746. The fourth-order valence-electron chi connectivity index (χ4n) is 3.34. The molecule has 3 heterocycles. The number of aryl methyl sites for hydroxylation is 2. The molecule has 2 aliphatic rings. The highest BCUT2D eigenvalue weighted by Gasteiger charge is 2.33. The quantitative estimate of drug-likeness (QED) is 0.938. The summed E-state index contributed by atoms with van der Waals surface area (Å²) >= 11 is 0. The molecule has 0 spiro atoms. The van der Waals surface area contributed by atoms with Crippen molar-refractivity contribution < 1.29 is 9.32 Å². The number of hydrogen-bond acceptors (Lipinski definition) is 4. The number of urea groups is 1. The lowest BCUT2D eigenvalue weighted by Gasteiger charge is -2.32. The van der Waals surface area contributed by atoms with Crippen LogP contribution in [0.15, 0.2) is 16.9 Å². The second-order valence-electron chi connectivity index (χ2n) is 6.95. The van der Waals surface area contributed by atoms with Gasteiger partial charge in [0, 0.05) is 25.2 Å². The van der Waals surface area contributed by atoms with E-state index < -0.39 is 0 Å². The normalized spacial score (nSPS) is 21.1. The molecule has 2 aromatic rings. The predicted octanol–water partition coefficient (Wildman–Crippen LogP) is 3.23. The van der Waals surface area contributed by atoms with Gasteiger partial charge in [-0.2, -0.15) is 5.10 Å². The molecule has 1 unspecified atom stereocenters. The topological polar surface area (TPSA) is 76.2 Å². The molecule has 0 bridgehead atoms. The van der Waals surface area contributed by atoms with Crippen molar-refractivity contribution in [3.05, 3.63) is 29.4 Å². The van der Waals surface area contributed by atoms with E-state index in [0.29, 0.717) is 12.5 Å². The van der Waals surface area contributed by atoms with Crippen LogP contribution in [0.5, 0.6) is 0 Å². The highest BCUT2D eigenvalue weighted by Crippen LogP contribution is 2.44. The lowest BCUT2D eigenvalue weighted by molar-refractivity contribution is 0.174. The number of likely N-dealkylation sites (tertiary alicyclic amines) is 1. The van der Waals surface area contributed by atoms with E-state index in [-0.39, 0.29) is 12.1 Å². The Hall–Kier alpha value is -2.31. The maximum atomic E-state index is 12.7. The zero-order chi connectivity index (χ0) is 16.7. The molecular formula is C17H23N5O2. The molecule has 1 saturated carbocycles. The maximum Gasteiger partial charge on any atom is 0.322 e. The molecule has 7 nitrogen and oxygen atoms in total. The van der Waals surface area contributed by atoms with E-state index in [9.17, 15) is 4.79 Å². The molecule has 2 fully saturated rings. The van der Waals surface area contributed by atoms with Gasteiger partial charge in [-0.3, -0.25) is 4.68 Å². The summed E-state index contributed by atoms with van der Waals surface area (Å²) in [5.41, 5.74) is 2.66. The Morgan fingerprint density at radius 3 is 2.88 bits per heavy atom. The fourth-order valence-corrected chi connectivity index (χ4v) is 3.34. The summed E-state index contributed by atoms with van der Waals surface area (Å²) < 4.78 is 7.38. The van der Waals surface area contributed by atoms with Crippen molar-refractivity contribution >= 4 is 11.7 Å². The van der Waals surface area contributed by atoms with Gasteiger partial charge in [0.15, 0.2) is 5.76 Å². The van der Waals surface area contributed by atoms with Crippen LogP contribution in [-0.4, -0.2) is 39.0 Å². The number of anilines is 1. The first-order valence-corrected chi connectivity index (χ1v) is 8.64. The first-order chi connectivity index (χ1) is 11.6. The van der Waals surface area contributed by atoms with E-state index in [2.05, 4.69) is 15.6 Å². The smallest absolute Gasteiger partial charge is 0.322 e. The van der Waals surface area contributed by atoms with Gasteiger partial charge in [0.05, 0.1) is 12.2 Å². The molecule has 7 heteroatoms. The molecule has 4 rings (SSSR count). The number of piperidine rings is 1. The van der Waals surface area contributed by atoms with E-state index in [4.69, 9.17) is 4.52 Å². The maximum absolute atomic E-state index is 12.7. The Labute approximate surface area is 141 Å². The third-order valence-electron chi connectivity index (χ3n) is 4.86. The van der Waals surface area contributed by atoms with Crippen molar-refractivity contribution in [1.82, 2.24) is 19.8 Å². The van der Waals surface area contributed by atoms with Crippen LogP contribution in [0, 0.1) is 13.8 Å². The molecule has 2 aromatic heterocycles. The second kappa shape index (κ2) is 5.96. The molecule has 0 aromatic carbocycles. The van der Waals surface area contributed by atoms with E-state index in [0.717, 1.165) is 54.9 Å². The van der Waals surface area contributed by atoms with Crippen LogP contribution in [0.2, 0.25) is 0 Å². The van der Waals surface area contributed by atoms with Crippen LogP contribution in [-0.2, 0) is 0 Å². The van der Waals surface area contributed by atoms with Crippen molar-refractivity contribution in [3.8, 4) is 0 Å². The summed E-state index contributed by atoms with van der Waals surface area (Å²) in [6.45, 7) is 5.35. The third kappa shape index (κ3) is 2.90. The largest absolute Gasteiger partial charge is 0.359 e. The molecule has 1 aliphatic heterocycles. The summed E-state index contributed by atoms with van der Waals surface area (Å²) in [4.78, 5) is 14.6. The summed E-state index contributed by atoms with van der Waals surface area (Å²) in [7, 11) is 0. The third-order valence-corrected chi connectivity index (χ3v) is 4.86. The van der Waals surface area contributed by atoms with Crippen LogP contribution in [0.4, 0.5) is 10.5 Å². The fraction of sp³-hybridized carbons (Fsp3) is 0.588. The van der Waals surface area contributed by atoms with Crippen LogP contribution < -0.4 is 5.32 Å². The van der Waals surface area contributed by atoms with Crippen LogP contribution in [0.1, 0.15) is 54.7 Å². The number of aromatic nitrogens is 3. The first-order valence-electron chi connectivity index (χ1n) is 8.64. The highest BCUT2D eigenvalue weighted by molar-refractivity contribution is 5.90. The van der Waals surface area contributed by atoms with Crippen molar-refractivity contribution in [3.63, 3.8) is 0 Å². The van der Waals surface area contributed by atoms with Crippen LogP contribution >= 0.6 is 0 Å². The Morgan fingerprint density at radius 1 is 1.33 bits per heavy atom. The first kappa shape index (κ1) is 15.2. The predicted molar refractivity (Wildman–Crippen MR) is 89.0 cm³/mol. The molecule has 1 N–H and O–H groups in total. The average molecular weight is 329 g/mol. The van der Waals surface area contributed by atoms with E-state index in [1.54, 1.807) is 0 Å². The van der Waals surface area contributed by atoms with Gasteiger partial charge in [0.1, 0.15) is 11.4 Å². The summed E-state index contributed by atoms with van der Waals surface area (Å²) in [6, 6.07) is 0.168. The molecule has 1 atom stereocenters. The number of carbonyl (C=O) groups excluding carboxylic acids is 1. The molecule has 24 heavy (non-hydrogen) atoms. The summed E-state index contributed by atoms with van der Waals surface area (Å²) in [5.74, 6) is 1.25. The van der Waals surface area contributed by atoms with Crippen molar-refractivity contribution in [2.45, 2.75) is 51.5 Å². The molecule has 1 saturated heterocycles. The van der Waals surface area contributed by atoms with E-state index in [1.165, 1.54) is 0 Å². The highest BCUT2D eigenvalue weighted by atomic mass is 16.5. The number of nitrogens with one attached hydrogen (secondary N) is 1. The molecule has 128 valence electrons. The SMILES string of the molecule is Cc1cnn(C2CCCN(C(=O)Nc3c(C)noc3C3CC3)C2)c1. The van der Waals surface area contributed by atoms with E-state index >= 15 is 0 Å². The minimum atomic E-state index is -0.0724. The summed E-state index contributed by atoms with van der Waals surface area (Å²) in [6.07, 6.45) is 8.16. The second-order valence-corrected chi connectivity index (χ2v) is 6.95. The monoisotopic (exact) mass is 329 g/mol. The standard InChI is InChI=1S/C17H23N5O2/c1-11-8-18-22(9-11)14-4-3-7-21(10-14)17(23)19-15-12(2)20-24-16(15)13-5-6-13/h8-9,13-14H,3-7,10H2,1-2H3,(H,19,23). The minimum Gasteiger partial charge on any atom is -0.359 e. The lowest BCUT2D eigenvalue weighted by atomic mass is 10.1. The van der Waals surface area contributed by atoms with Crippen molar-refractivity contribution in [1.29, 1.82) is 0 Å². The Kier molecular flexibility index (Phi) is 3.78. The van der Waals surface area contributed by atoms with Crippen LogP contribution in [0.25, 0.3) is 0 Å². The number of rotatable bonds is 3. The average Bonchev–Trinajstić information content (AvgIpc) is 3.24. The van der Waals surface area contributed by atoms with Crippen molar-refractivity contribution in [2.75, 3.05) is 18.4 Å². The number of nitrogens with zero attached hydrogens (tertiary/aromatic N) is 4. The molecule has 2 amide bonds. The number of carbonyl (C=O) groups is 1. The van der Waals surface area contributed by atoms with Gasteiger partial charge in [-0.15, -0.1) is 0 Å². The van der Waals surface area contributed by atoms with Gasteiger partial charge >= 0.3 is 6.03 Å². The lowest BCUT2D eigenvalue weighted by Crippen LogP contribution is -2.43. The van der Waals surface area contributed by atoms with Gasteiger partial charge in [-0.05, 0) is 45.1 Å². The van der Waals surface area contributed by atoms with Gasteiger partial charge in [-0.1, -0.05) is 5.16 Å². The zero-order valence-corrected chi connectivity index (χ0v) is 14.2. The molecular weight excluding hydrogens is 306 g/mol. The minimum absolute atomic E-state index is 0.0724. The van der Waals surface area contributed by atoms with E-state index in [1.807, 2.05) is 35.8 Å². The molecule has 0 radical (unpaired) electrons.